The SMILES string of the molecule is OC[C@@H]1O[C@@H](OOc2ccc3c(c2)OC[C@@H]2c4cc5c(cc4O[C@@H]32)OCO5)[C@@H](O)[C@H](O)[C@@H]1O. The maximum atomic E-state index is 10.1. The highest BCUT2D eigenvalue weighted by atomic mass is 17.2. The van der Waals surface area contributed by atoms with Gasteiger partial charge in [0, 0.05) is 23.3 Å². The Morgan fingerprint density at radius 3 is 2.48 bits per heavy atom. The van der Waals surface area contributed by atoms with Crippen LogP contribution in [0.25, 0.3) is 0 Å². The van der Waals surface area contributed by atoms with Crippen molar-refractivity contribution in [2.24, 2.45) is 0 Å². The molecule has 2 aromatic carbocycles. The number of ether oxygens (including phenoxy) is 5. The van der Waals surface area contributed by atoms with Gasteiger partial charge in [-0.15, -0.1) is 0 Å². The normalized spacial score (nSPS) is 33.4. The van der Waals surface area contributed by atoms with Gasteiger partial charge in [-0.1, -0.05) is 0 Å². The van der Waals surface area contributed by atoms with Gasteiger partial charge in [-0.3, -0.25) is 0 Å². The van der Waals surface area contributed by atoms with Crippen molar-refractivity contribution in [3.8, 4) is 28.7 Å². The van der Waals surface area contributed by atoms with Gasteiger partial charge >= 0.3 is 0 Å². The second-order valence-electron chi connectivity index (χ2n) is 8.28. The molecule has 0 radical (unpaired) electrons. The van der Waals surface area contributed by atoms with Crippen LogP contribution >= 0.6 is 0 Å². The number of aliphatic hydroxyl groups excluding tert-OH is 4. The molecule has 0 bridgehead atoms. The minimum atomic E-state index is -1.57. The summed E-state index contributed by atoms with van der Waals surface area (Å²) >= 11 is 0. The van der Waals surface area contributed by atoms with E-state index in [1.54, 1.807) is 18.2 Å². The van der Waals surface area contributed by atoms with Crippen LogP contribution < -0.4 is 23.8 Å². The number of rotatable bonds is 4. The Bertz CT molecular complexity index is 1060. The first-order chi connectivity index (χ1) is 16.0. The Morgan fingerprint density at radius 2 is 1.67 bits per heavy atom. The summed E-state index contributed by atoms with van der Waals surface area (Å²) in [6, 6.07) is 8.83. The van der Waals surface area contributed by atoms with E-state index in [1.165, 1.54) is 0 Å². The van der Waals surface area contributed by atoms with E-state index in [2.05, 4.69) is 0 Å². The van der Waals surface area contributed by atoms with Crippen LogP contribution in [0.5, 0.6) is 28.7 Å². The van der Waals surface area contributed by atoms with Crippen LogP contribution in [0.3, 0.4) is 0 Å². The lowest BCUT2D eigenvalue weighted by molar-refractivity contribution is -0.386. The van der Waals surface area contributed by atoms with Gasteiger partial charge in [-0.2, -0.15) is 4.89 Å². The molecule has 0 saturated carbocycles. The van der Waals surface area contributed by atoms with Crippen LogP contribution in [0, 0.1) is 0 Å². The standard InChI is InChI=1S/C22H22O11/c23-6-17-18(24)19(25)20(26)22(31-17)33-32-9-1-2-10-13(3-9)27-7-12-11-4-15-16(29-8-28-15)5-14(11)30-21(10)12/h1-5,12,17-26H,6-8H2/t12-,17+,18-,19-,20+,21+,22+/m1/s1. The molecule has 6 rings (SSSR count). The van der Waals surface area contributed by atoms with E-state index in [1.807, 2.05) is 12.1 Å². The van der Waals surface area contributed by atoms with Crippen molar-refractivity contribution in [3.63, 3.8) is 0 Å². The van der Waals surface area contributed by atoms with Crippen molar-refractivity contribution in [2.45, 2.75) is 42.7 Å². The fourth-order valence-corrected chi connectivity index (χ4v) is 4.53. The van der Waals surface area contributed by atoms with Crippen LogP contribution in [-0.4, -0.2) is 71.1 Å². The molecular weight excluding hydrogens is 440 g/mol. The van der Waals surface area contributed by atoms with E-state index in [4.69, 9.17) is 33.5 Å². The van der Waals surface area contributed by atoms with Crippen molar-refractivity contribution < 1.29 is 53.9 Å². The van der Waals surface area contributed by atoms with Crippen LogP contribution in [0.4, 0.5) is 0 Å². The highest BCUT2D eigenvalue weighted by Crippen LogP contribution is 2.54. The summed E-state index contributed by atoms with van der Waals surface area (Å²) in [7, 11) is 0. The first kappa shape index (κ1) is 20.8. The van der Waals surface area contributed by atoms with E-state index in [-0.39, 0.29) is 24.6 Å². The molecule has 4 heterocycles. The molecule has 0 unspecified atom stereocenters. The maximum Gasteiger partial charge on any atom is 0.232 e. The van der Waals surface area contributed by atoms with E-state index in [9.17, 15) is 20.4 Å². The lowest BCUT2D eigenvalue weighted by Crippen LogP contribution is -2.59. The van der Waals surface area contributed by atoms with Gasteiger partial charge in [0.15, 0.2) is 17.2 Å². The van der Waals surface area contributed by atoms with Gasteiger partial charge in [0.2, 0.25) is 13.1 Å². The van der Waals surface area contributed by atoms with E-state index in [0.717, 1.165) is 16.9 Å². The van der Waals surface area contributed by atoms with Gasteiger partial charge in [-0.25, -0.2) is 0 Å². The molecular formula is C22H22O11. The molecule has 0 aromatic heterocycles. The quantitative estimate of drug-likeness (QED) is 0.363. The number of aliphatic hydroxyl groups is 4. The van der Waals surface area contributed by atoms with Crippen LogP contribution in [0.15, 0.2) is 30.3 Å². The molecule has 1 saturated heterocycles. The zero-order valence-corrected chi connectivity index (χ0v) is 17.2. The molecule has 11 heteroatoms. The predicted octanol–water partition coefficient (Wildman–Crippen LogP) is 0.135. The molecule has 4 aliphatic heterocycles. The second kappa shape index (κ2) is 7.90. The van der Waals surface area contributed by atoms with E-state index >= 15 is 0 Å². The van der Waals surface area contributed by atoms with Gasteiger partial charge in [0.1, 0.15) is 42.0 Å². The molecule has 2 aromatic rings. The minimum absolute atomic E-state index is 0.000801. The Hall–Kier alpha value is -2.80. The molecule has 7 atom stereocenters. The van der Waals surface area contributed by atoms with Crippen LogP contribution in [0.2, 0.25) is 0 Å². The van der Waals surface area contributed by atoms with Crippen molar-refractivity contribution in [2.75, 3.05) is 20.0 Å². The number of benzene rings is 2. The van der Waals surface area contributed by atoms with Gasteiger partial charge in [0.05, 0.1) is 19.1 Å². The smallest absolute Gasteiger partial charge is 0.232 e. The Balaban J connectivity index is 1.17. The summed E-state index contributed by atoms with van der Waals surface area (Å²) in [6.45, 7) is 0.0185. The molecule has 176 valence electrons. The first-order valence-electron chi connectivity index (χ1n) is 10.5. The van der Waals surface area contributed by atoms with E-state index in [0.29, 0.717) is 23.9 Å². The molecule has 4 aliphatic rings. The topological polar surface area (TPSA) is 146 Å². The second-order valence-corrected chi connectivity index (χ2v) is 8.28. The van der Waals surface area contributed by atoms with Crippen LogP contribution in [-0.2, 0) is 9.62 Å². The maximum absolute atomic E-state index is 10.1. The Labute approximate surface area is 187 Å². The fraction of sp³-hybridized carbons (Fsp3) is 0.455. The fourth-order valence-electron chi connectivity index (χ4n) is 4.53. The van der Waals surface area contributed by atoms with Crippen LogP contribution in [0.1, 0.15) is 23.1 Å². The van der Waals surface area contributed by atoms with Crippen molar-refractivity contribution in [3.05, 3.63) is 41.5 Å². The van der Waals surface area contributed by atoms with Crippen molar-refractivity contribution in [1.82, 2.24) is 0 Å². The summed E-state index contributed by atoms with van der Waals surface area (Å²) < 4.78 is 28.3. The Morgan fingerprint density at radius 1 is 0.848 bits per heavy atom. The monoisotopic (exact) mass is 462 g/mol. The number of hydrogen-bond donors (Lipinski definition) is 4. The molecule has 1 fully saturated rings. The lowest BCUT2D eigenvalue weighted by atomic mass is 9.89. The van der Waals surface area contributed by atoms with Gasteiger partial charge < -0.3 is 49.0 Å². The minimum Gasteiger partial charge on any atom is -0.492 e. The van der Waals surface area contributed by atoms with E-state index < -0.39 is 37.3 Å². The molecule has 0 aliphatic carbocycles. The van der Waals surface area contributed by atoms with Crippen molar-refractivity contribution >= 4 is 0 Å². The summed E-state index contributed by atoms with van der Waals surface area (Å²) in [5, 5.41) is 39.0. The predicted molar refractivity (Wildman–Crippen MR) is 106 cm³/mol. The summed E-state index contributed by atoms with van der Waals surface area (Å²) in [4.78, 5) is 10.4. The Kier molecular flexibility index (Phi) is 4.98. The molecule has 0 amide bonds. The largest absolute Gasteiger partial charge is 0.492 e. The molecule has 4 N–H and O–H groups in total. The summed E-state index contributed by atoms with van der Waals surface area (Å²) in [6.07, 6.45) is -7.37. The number of hydrogen-bond acceptors (Lipinski definition) is 11. The number of fused-ring (bicyclic) bond motifs is 6. The summed E-state index contributed by atoms with van der Waals surface area (Å²) in [5.41, 5.74) is 1.84. The third kappa shape index (κ3) is 3.36. The lowest BCUT2D eigenvalue weighted by Gasteiger charge is -2.38. The third-order valence-electron chi connectivity index (χ3n) is 6.32. The summed E-state index contributed by atoms with van der Waals surface area (Å²) in [5.74, 6) is 2.90. The molecule has 33 heavy (non-hydrogen) atoms. The van der Waals surface area contributed by atoms with Crippen molar-refractivity contribution in [1.29, 1.82) is 0 Å². The average Bonchev–Trinajstić information content (AvgIpc) is 3.44. The zero-order chi connectivity index (χ0) is 22.7. The highest BCUT2D eigenvalue weighted by molar-refractivity contribution is 5.57. The zero-order valence-electron chi connectivity index (χ0n) is 17.2. The highest BCUT2D eigenvalue weighted by Gasteiger charge is 2.45. The van der Waals surface area contributed by atoms with Gasteiger partial charge in [0.25, 0.3) is 0 Å². The average molecular weight is 462 g/mol. The first-order valence-corrected chi connectivity index (χ1v) is 10.5. The van der Waals surface area contributed by atoms with Gasteiger partial charge in [-0.05, 0) is 18.2 Å². The third-order valence-corrected chi connectivity index (χ3v) is 6.32. The molecule has 0 spiro atoms. The molecule has 11 nitrogen and oxygen atoms in total.